The number of benzene rings is 2. The lowest BCUT2D eigenvalue weighted by Crippen LogP contribution is -2.44. The zero-order valence-electron chi connectivity index (χ0n) is 13.8. The fourth-order valence-corrected chi connectivity index (χ4v) is 2.99. The molecule has 3 rings (SSSR count). The van der Waals surface area contributed by atoms with Crippen LogP contribution in [0.15, 0.2) is 54.6 Å². The van der Waals surface area contributed by atoms with E-state index in [1.807, 2.05) is 18.2 Å². The van der Waals surface area contributed by atoms with Crippen LogP contribution in [0.5, 0.6) is 0 Å². The lowest BCUT2D eigenvalue weighted by Gasteiger charge is -2.20. The maximum absolute atomic E-state index is 13.9. The van der Waals surface area contributed by atoms with Gasteiger partial charge in [-0.3, -0.25) is 9.59 Å². The SMILES string of the molecule is COC(C(=O)NC1CCN(c2ccccc2F)C1=O)c1ccccc1. The van der Waals surface area contributed by atoms with Crippen LogP contribution in [0.3, 0.4) is 0 Å². The van der Waals surface area contributed by atoms with Crippen molar-refractivity contribution in [1.29, 1.82) is 0 Å². The summed E-state index contributed by atoms with van der Waals surface area (Å²) in [5, 5.41) is 2.72. The maximum Gasteiger partial charge on any atom is 0.254 e. The molecule has 1 saturated heterocycles. The zero-order valence-corrected chi connectivity index (χ0v) is 13.8. The standard InChI is InChI=1S/C19H19FN2O3/c1-25-17(13-7-3-2-4-8-13)18(23)21-15-11-12-22(19(15)24)16-10-6-5-9-14(16)20/h2-10,15,17H,11-12H2,1H3,(H,21,23). The van der Waals surface area contributed by atoms with Gasteiger partial charge in [-0.2, -0.15) is 0 Å². The molecule has 5 nitrogen and oxygen atoms in total. The Morgan fingerprint density at radius 2 is 1.88 bits per heavy atom. The molecule has 0 radical (unpaired) electrons. The second-order valence-electron chi connectivity index (χ2n) is 5.82. The summed E-state index contributed by atoms with van der Waals surface area (Å²) < 4.78 is 19.2. The van der Waals surface area contributed by atoms with Crippen LogP contribution in [-0.2, 0) is 14.3 Å². The third kappa shape index (κ3) is 3.53. The topological polar surface area (TPSA) is 58.6 Å². The summed E-state index contributed by atoms with van der Waals surface area (Å²) >= 11 is 0. The Morgan fingerprint density at radius 3 is 2.56 bits per heavy atom. The van der Waals surface area contributed by atoms with Gasteiger partial charge in [-0.15, -0.1) is 0 Å². The molecule has 1 aliphatic heterocycles. The van der Waals surface area contributed by atoms with Gasteiger partial charge in [0.05, 0.1) is 5.69 Å². The summed E-state index contributed by atoms with van der Waals surface area (Å²) in [6, 6.07) is 14.5. The van der Waals surface area contributed by atoms with Gasteiger partial charge in [0.25, 0.3) is 5.91 Å². The molecule has 1 aliphatic rings. The van der Waals surface area contributed by atoms with Gasteiger partial charge in [0.15, 0.2) is 6.10 Å². The molecule has 6 heteroatoms. The number of rotatable bonds is 5. The normalized spacial score (nSPS) is 18.2. The monoisotopic (exact) mass is 342 g/mol. The number of para-hydroxylation sites is 1. The lowest BCUT2D eigenvalue weighted by atomic mass is 10.1. The number of hydrogen-bond donors (Lipinski definition) is 1. The number of amides is 2. The first-order valence-electron chi connectivity index (χ1n) is 8.06. The van der Waals surface area contributed by atoms with Crippen LogP contribution in [0.25, 0.3) is 0 Å². The van der Waals surface area contributed by atoms with Crippen molar-refractivity contribution < 1.29 is 18.7 Å². The molecule has 0 aliphatic carbocycles. The number of nitrogens with one attached hydrogen (secondary N) is 1. The molecular formula is C19H19FN2O3. The van der Waals surface area contributed by atoms with E-state index in [0.29, 0.717) is 18.5 Å². The van der Waals surface area contributed by atoms with Crippen molar-refractivity contribution >= 4 is 17.5 Å². The Bertz CT molecular complexity index is 766. The van der Waals surface area contributed by atoms with E-state index in [1.54, 1.807) is 30.3 Å². The van der Waals surface area contributed by atoms with Crippen molar-refractivity contribution in [1.82, 2.24) is 5.32 Å². The predicted octanol–water partition coefficient (Wildman–Crippen LogP) is 2.43. The van der Waals surface area contributed by atoms with E-state index in [4.69, 9.17) is 4.74 Å². The van der Waals surface area contributed by atoms with E-state index in [1.165, 1.54) is 18.1 Å². The summed E-state index contributed by atoms with van der Waals surface area (Å²) in [6.45, 7) is 0.355. The molecule has 2 amide bonds. The highest BCUT2D eigenvalue weighted by Gasteiger charge is 2.36. The number of nitrogens with zero attached hydrogens (tertiary/aromatic N) is 1. The van der Waals surface area contributed by atoms with Crippen LogP contribution in [0.1, 0.15) is 18.1 Å². The quantitative estimate of drug-likeness (QED) is 0.908. The van der Waals surface area contributed by atoms with Gasteiger partial charge in [0.1, 0.15) is 11.9 Å². The van der Waals surface area contributed by atoms with E-state index in [2.05, 4.69) is 5.32 Å². The molecule has 0 aromatic heterocycles. The fourth-order valence-electron chi connectivity index (χ4n) is 2.99. The van der Waals surface area contributed by atoms with Crippen LogP contribution in [0, 0.1) is 5.82 Å². The largest absolute Gasteiger partial charge is 0.367 e. The Morgan fingerprint density at radius 1 is 1.20 bits per heavy atom. The van der Waals surface area contributed by atoms with Gasteiger partial charge in [-0.1, -0.05) is 42.5 Å². The third-order valence-electron chi connectivity index (χ3n) is 4.24. The summed E-state index contributed by atoms with van der Waals surface area (Å²) in [5.41, 5.74) is 0.939. The first-order chi connectivity index (χ1) is 12.1. The lowest BCUT2D eigenvalue weighted by molar-refractivity contribution is -0.134. The molecule has 25 heavy (non-hydrogen) atoms. The zero-order chi connectivity index (χ0) is 17.8. The first kappa shape index (κ1) is 17.1. The third-order valence-corrected chi connectivity index (χ3v) is 4.24. The molecule has 0 bridgehead atoms. The molecule has 130 valence electrons. The summed E-state index contributed by atoms with van der Waals surface area (Å²) in [7, 11) is 1.44. The van der Waals surface area contributed by atoms with Gasteiger partial charge in [0, 0.05) is 13.7 Å². The van der Waals surface area contributed by atoms with Crippen LogP contribution >= 0.6 is 0 Å². The van der Waals surface area contributed by atoms with Gasteiger partial charge >= 0.3 is 0 Å². The molecule has 1 heterocycles. The molecule has 2 aromatic carbocycles. The van der Waals surface area contributed by atoms with E-state index >= 15 is 0 Å². The first-order valence-corrected chi connectivity index (χ1v) is 8.06. The van der Waals surface area contributed by atoms with Crippen molar-refractivity contribution in [2.24, 2.45) is 0 Å². The van der Waals surface area contributed by atoms with Crippen LogP contribution in [-0.4, -0.2) is 31.5 Å². The Labute approximate surface area is 145 Å². The minimum absolute atomic E-state index is 0.232. The number of anilines is 1. The van der Waals surface area contributed by atoms with Gasteiger partial charge in [0.2, 0.25) is 5.91 Å². The average molecular weight is 342 g/mol. The summed E-state index contributed by atoms with van der Waals surface area (Å²) in [5.74, 6) is -1.16. The molecule has 1 N–H and O–H groups in total. The van der Waals surface area contributed by atoms with Crippen molar-refractivity contribution in [2.75, 3.05) is 18.6 Å². The minimum Gasteiger partial charge on any atom is -0.367 e. The van der Waals surface area contributed by atoms with Gasteiger partial charge < -0.3 is 15.0 Å². The molecule has 2 aromatic rings. The molecule has 2 atom stereocenters. The van der Waals surface area contributed by atoms with Gasteiger partial charge in [-0.25, -0.2) is 4.39 Å². The molecule has 0 saturated carbocycles. The second kappa shape index (κ2) is 7.44. The van der Waals surface area contributed by atoms with Gasteiger partial charge in [-0.05, 0) is 24.1 Å². The summed E-state index contributed by atoms with van der Waals surface area (Å²) in [4.78, 5) is 26.4. The van der Waals surface area contributed by atoms with Crippen LogP contribution < -0.4 is 10.2 Å². The predicted molar refractivity (Wildman–Crippen MR) is 91.5 cm³/mol. The van der Waals surface area contributed by atoms with Crippen molar-refractivity contribution in [3.8, 4) is 0 Å². The Balaban J connectivity index is 1.70. The number of carbonyl (C=O) groups excluding carboxylic acids is 2. The molecular weight excluding hydrogens is 323 g/mol. The second-order valence-corrected chi connectivity index (χ2v) is 5.82. The van der Waals surface area contributed by atoms with Crippen LogP contribution in [0.4, 0.5) is 10.1 Å². The Hall–Kier alpha value is -2.73. The molecule has 0 spiro atoms. The fraction of sp³-hybridized carbons (Fsp3) is 0.263. The van der Waals surface area contributed by atoms with E-state index in [0.717, 1.165) is 0 Å². The maximum atomic E-state index is 13.9. The molecule has 2 unspecified atom stereocenters. The highest BCUT2D eigenvalue weighted by molar-refractivity contribution is 6.01. The van der Waals surface area contributed by atoms with E-state index in [-0.39, 0.29) is 17.5 Å². The number of ether oxygens (including phenoxy) is 1. The average Bonchev–Trinajstić information content (AvgIpc) is 2.97. The Kier molecular flexibility index (Phi) is 5.09. The highest BCUT2D eigenvalue weighted by atomic mass is 19.1. The van der Waals surface area contributed by atoms with Crippen molar-refractivity contribution in [2.45, 2.75) is 18.6 Å². The van der Waals surface area contributed by atoms with Crippen LogP contribution in [0.2, 0.25) is 0 Å². The summed E-state index contributed by atoms with van der Waals surface area (Å²) in [6.07, 6.45) is -0.374. The van der Waals surface area contributed by atoms with E-state index < -0.39 is 18.0 Å². The van der Waals surface area contributed by atoms with Crippen molar-refractivity contribution in [3.63, 3.8) is 0 Å². The number of halogens is 1. The number of methoxy groups -OCH3 is 1. The highest BCUT2D eigenvalue weighted by Crippen LogP contribution is 2.25. The smallest absolute Gasteiger partial charge is 0.254 e. The van der Waals surface area contributed by atoms with Crippen molar-refractivity contribution in [3.05, 3.63) is 66.0 Å². The minimum atomic E-state index is -0.795. The number of hydrogen-bond acceptors (Lipinski definition) is 3. The number of carbonyl (C=O) groups is 2. The molecule has 1 fully saturated rings. The van der Waals surface area contributed by atoms with E-state index in [9.17, 15) is 14.0 Å².